The molecule has 1 aromatic carbocycles. The summed E-state index contributed by atoms with van der Waals surface area (Å²) in [6.45, 7) is 3.35. The van der Waals surface area contributed by atoms with Crippen molar-refractivity contribution in [1.82, 2.24) is 14.5 Å². The largest absolute Gasteiger partial charge is 0.437 e. The molecule has 1 aromatic heterocycles. The van der Waals surface area contributed by atoms with Crippen LogP contribution in [0.4, 0.5) is 17.4 Å². The fourth-order valence-electron chi connectivity index (χ4n) is 3.13. The molecule has 1 saturated heterocycles. The first kappa shape index (κ1) is 23.4. The molecule has 168 valence electrons. The number of oxazole rings is 1. The topological polar surface area (TPSA) is 154 Å². The molecule has 11 nitrogen and oxygen atoms in total. The number of nitrogen functional groups attached to an aromatic ring is 1. The van der Waals surface area contributed by atoms with Crippen molar-refractivity contribution >= 4 is 52.0 Å². The minimum absolute atomic E-state index is 0.0304. The van der Waals surface area contributed by atoms with E-state index in [0.717, 1.165) is 12.0 Å². The Morgan fingerprint density at radius 2 is 2.06 bits per heavy atom. The van der Waals surface area contributed by atoms with E-state index in [-0.39, 0.29) is 24.0 Å². The minimum Gasteiger partial charge on any atom is -0.437 e. The molecule has 1 aliphatic rings. The van der Waals surface area contributed by atoms with Crippen LogP contribution in [0.2, 0.25) is 11.8 Å². The first-order chi connectivity index (χ1) is 14.7. The lowest BCUT2D eigenvalue weighted by atomic mass is 9.89. The molecule has 0 radical (unpaired) electrons. The second-order valence-electron chi connectivity index (χ2n) is 7.02. The molecule has 3 rings (SSSR count). The van der Waals surface area contributed by atoms with E-state index < -0.39 is 23.0 Å². The molecule has 31 heavy (non-hydrogen) atoms. The van der Waals surface area contributed by atoms with Crippen molar-refractivity contribution in [2.75, 3.05) is 54.4 Å². The molecule has 0 spiro atoms. The van der Waals surface area contributed by atoms with Crippen molar-refractivity contribution in [3.05, 3.63) is 35.2 Å². The highest BCUT2D eigenvalue weighted by atomic mass is 35.5. The Bertz CT molecular complexity index is 1030. The second-order valence-corrected chi connectivity index (χ2v) is 9.52. The Labute approximate surface area is 185 Å². The number of nitrogens with zero attached hydrogens (tertiary/aromatic N) is 3. The van der Waals surface area contributed by atoms with Crippen LogP contribution >= 0.6 is 11.6 Å². The predicted octanol–water partition coefficient (Wildman–Crippen LogP) is 0.314. The maximum absolute atomic E-state index is 12.5. The predicted molar refractivity (Wildman–Crippen MR) is 120 cm³/mol. The van der Waals surface area contributed by atoms with Crippen LogP contribution in [0.1, 0.15) is 10.5 Å². The third-order valence-corrected chi connectivity index (χ3v) is 6.95. The molecule has 0 saturated carbocycles. The van der Waals surface area contributed by atoms with Crippen molar-refractivity contribution in [1.29, 1.82) is 0 Å². The third-order valence-electron chi connectivity index (χ3n) is 4.75. The van der Waals surface area contributed by atoms with Gasteiger partial charge in [0.1, 0.15) is 6.26 Å². The van der Waals surface area contributed by atoms with E-state index in [2.05, 4.69) is 15.5 Å². The molecule has 0 atom stereocenters. The lowest BCUT2D eigenvalue weighted by molar-refractivity contribution is 0.102. The monoisotopic (exact) mass is 470 g/mol. The van der Waals surface area contributed by atoms with Crippen LogP contribution in [0, 0.1) is 0 Å². The zero-order valence-electron chi connectivity index (χ0n) is 16.9. The van der Waals surface area contributed by atoms with Gasteiger partial charge in [-0.05, 0) is 25.0 Å². The third kappa shape index (κ3) is 6.11. The van der Waals surface area contributed by atoms with E-state index in [9.17, 15) is 18.2 Å². The molecule has 1 fully saturated rings. The second kappa shape index (κ2) is 9.87. The van der Waals surface area contributed by atoms with Gasteiger partial charge < -0.3 is 30.6 Å². The number of anilines is 3. The maximum Gasteiger partial charge on any atom is 0.373 e. The number of halogens is 1. The van der Waals surface area contributed by atoms with Crippen LogP contribution in [0.25, 0.3) is 0 Å². The molecule has 0 bridgehead atoms. The number of piperazine rings is 1. The standard InChI is InChI=1S/C17H24BClN6O5S/c1-18(27)21-4-9-31(28,29)25-7-5-24(6-8-25)12-2-3-13(19)14(10-12)22-16(26)15-11-30-17(20)23-15/h2-3,10-11,21,27H,4-9H2,1H3,(H2,20,23)(H,22,26). The lowest BCUT2D eigenvalue weighted by Crippen LogP contribution is -2.50. The summed E-state index contributed by atoms with van der Waals surface area (Å²) < 4.78 is 31.2. The molecule has 1 aliphatic heterocycles. The minimum atomic E-state index is -3.42. The molecule has 0 aliphatic carbocycles. The molecule has 1 amide bonds. The van der Waals surface area contributed by atoms with E-state index in [1.165, 1.54) is 11.1 Å². The number of sulfonamides is 1. The van der Waals surface area contributed by atoms with Crippen LogP contribution in [0.3, 0.4) is 0 Å². The fraction of sp³-hybridized carbons (Fsp3) is 0.412. The summed E-state index contributed by atoms with van der Waals surface area (Å²) in [7, 11) is -4.17. The van der Waals surface area contributed by atoms with Crippen molar-refractivity contribution in [3.63, 3.8) is 0 Å². The number of nitrogens with two attached hydrogens (primary N) is 1. The van der Waals surface area contributed by atoms with Gasteiger partial charge in [0.2, 0.25) is 10.0 Å². The van der Waals surface area contributed by atoms with Gasteiger partial charge in [0.15, 0.2) is 5.69 Å². The van der Waals surface area contributed by atoms with Gasteiger partial charge >= 0.3 is 7.05 Å². The van der Waals surface area contributed by atoms with Gasteiger partial charge in [-0.15, -0.1) is 0 Å². The quantitative estimate of drug-likeness (QED) is 0.399. The molecule has 2 heterocycles. The number of aromatic nitrogens is 1. The van der Waals surface area contributed by atoms with Crippen molar-refractivity contribution in [3.8, 4) is 0 Å². The smallest absolute Gasteiger partial charge is 0.373 e. The Kier molecular flexibility index (Phi) is 7.44. The number of carbonyl (C=O) groups excluding carboxylic acids is 1. The zero-order chi connectivity index (χ0) is 22.6. The van der Waals surface area contributed by atoms with Gasteiger partial charge in [-0.25, -0.2) is 8.42 Å². The summed E-state index contributed by atoms with van der Waals surface area (Å²) >= 11 is 6.21. The average Bonchev–Trinajstić information content (AvgIpc) is 3.16. The molecular weight excluding hydrogens is 447 g/mol. The number of benzene rings is 1. The normalized spacial score (nSPS) is 15.1. The number of carbonyl (C=O) groups is 1. The van der Waals surface area contributed by atoms with E-state index in [1.807, 2.05) is 11.0 Å². The van der Waals surface area contributed by atoms with E-state index in [1.54, 1.807) is 12.1 Å². The number of amides is 1. The van der Waals surface area contributed by atoms with Gasteiger partial charge in [0, 0.05) is 38.4 Å². The van der Waals surface area contributed by atoms with Crippen molar-refractivity contribution in [2.24, 2.45) is 0 Å². The zero-order valence-corrected chi connectivity index (χ0v) is 18.5. The van der Waals surface area contributed by atoms with Crippen molar-refractivity contribution in [2.45, 2.75) is 6.82 Å². The SMILES string of the molecule is CB(O)NCCS(=O)(=O)N1CCN(c2ccc(Cl)c(NC(=O)c3coc(N)n3)c2)CC1. The van der Waals surface area contributed by atoms with Crippen LogP contribution in [0.5, 0.6) is 0 Å². The first-order valence-electron chi connectivity index (χ1n) is 9.62. The number of rotatable bonds is 8. The van der Waals surface area contributed by atoms with Gasteiger partial charge in [0.25, 0.3) is 11.9 Å². The summed E-state index contributed by atoms with van der Waals surface area (Å²) in [4.78, 5) is 18.1. The van der Waals surface area contributed by atoms with Gasteiger partial charge in [0.05, 0.1) is 16.5 Å². The average molecular weight is 471 g/mol. The van der Waals surface area contributed by atoms with E-state index in [0.29, 0.717) is 36.9 Å². The molecular formula is C17H24BClN6O5S. The van der Waals surface area contributed by atoms with Gasteiger partial charge in [-0.1, -0.05) is 11.6 Å². The fourth-order valence-corrected chi connectivity index (χ4v) is 4.65. The van der Waals surface area contributed by atoms with Crippen LogP contribution in [0.15, 0.2) is 28.9 Å². The highest BCUT2D eigenvalue weighted by molar-refractivity contribution is 7.89. The Hall–Kier alpha value is -2.32. The van der Waals surface area contributed by atoms with Gasteiger partial charge in [-0.2, -0.15) is 9.29 Å². The summed E-state index contributed by atoms with van der Waals surface area (Å²) in [5.74, 6) is -0.595. The number of hydrogen-bond donors (Lipinski definition) is 4. The van der Waals surface area contributed by atoms with Crippen molar-refractivity contribution < 1.29 is 22.7 Å². The van der Waals surface area contributed by atoms with Gasteiger partial charge in [-0.3, -0.25) is 4.79 Å². The van der Waals surface area contributed by atoms with E-state index >= 15 is 0 Å². The molecule has 14 heteroatoms. The molecule has 2 aromatic rings. The number of hydrogen-bond acceptors (Lipinski definition) is 9. The molecule has 0 unspecified atom stereocenters. The number of nitrogens with one attached hydrogen (secondary N) is 2. The highest BCUT2D eigenvalue weighted by Crippen LogP contribution is 2.29. The maximum atomic E-state index is 12.5. The highest BCUT2D eigenvalue weighted by Gasteiger charge is 2.27. The first-order valence-corrected chi connectivity index (χ1v) is 11.6. The summed E-state index contributed by atoms with van der Waals surface area (Å²) in [6, 6.07) is 5.08. The lowest BCUT2D eigenvalue weighted by Gasteiger charge is -2.35. The summed E-state index contributed by atoms with van der Waals surface area (Å²) in [5, 5.41) is 14.9. The van der Waals surface area contributed by atoms with Crippen LogP contribution in [-0.2, 0) is 10.0 Å². The summed E-state index contributed by atoms with van der Waals surface area (Å²) in [6.07, 6.45) is 1.15. The summed E-state index contributed by atoms with van der Waals surface area (Å²) in [5.41, 5.74) is 6.61. The molecule has 5 N–H and O–H groups in total. The Balaban J connectivity index is 1.61. The Morgan fingerprint density at radius 3 is 2.68 bits per heavy atom. The Morgan fingerprint density at radius 1 is 1.35 bits per heavy atom. The van der Waals surface area contributed by atoms with Crippen LogP contribution < -0.4 is 21.2 Å². The van der Waals surface area contributed by atoms with E-state index in [4.69, 9.17) is 21.8 Å². The van der Waals surface area contributed by atoms with Crippen LogP contribution in [-0.4, -0.2) is 74.2 Å².